The molecule has 1 fully saturated rings. The third kappa shape index (κ3) is 5.21. The lowest BCUT2D eigenvalue weighted by molar-refractivity contribution is -0.118. The molecule has 3 aromatic rings. The maximum absolute atomic E-state index is 12.2. The molecule has 1 heterocycles. The van der Waals surface area contributed by atoms with Crippen molar-refractivity contribution in [1.29, 1.82) is 0 Å². The zero-order chi connectivity index (χ0) is 20.1. The van der Waals surface area contributed by atoms with Crippen molar-refractivity contribution in [3.8, 4) is 17.0 Å². The number of benzene rings is 2. The maximum Gasteiger partial charge on any atom is 0.230 e. The molecule has 150 valence electrons. The van der Waals surface area contributed by atoms with Gasteiger partial charge in [0.1, 0.15) is 12.4 Å². The van der Waals surface area contributed by atoms with Gasteiger partial charge in [0.05, 0.1) is 24.2 Å². The Morgan fingerprint density at radius 3 is 2.79 bits per heavy atom. The van der Waals surface area contributed by atoms with E-state index in [0.29, 0.717) is 24.9 Å². The fourth-order valence-corrected chi connectivity index (χ4v) is 4.08. The lowest BCUT2D eigenvalue weighted by atomic mass is 10.2. The summed E-state index contributed by atoms with van der Waals surface area (Å²) in [5.74, 6) is 1.17. The second-order valence-electron chi connectivity index (χ2n) is 7.20. The molecule has 1 aliphatic rings. The van der Waals surface area contributed by atoms with E-state index >= 15 is 0 Å². The second kappa shape index (κ2) is 9.18. The average Bonchev–Trinajstić information content (AvgIpc) is 3.49. The molecule has 6 heteroatoms. The quantitative estimate of drug-likeness (QED) is 0.420. The number of ether oxygens (including phenoxy) is 1. The molecule has 0 unspecified atom stereocenters. The third-order valence-corrected chi connectivity index (χ3v) is 5.73. The van der Waals surface area contributed by atoms with Crippen molar-refractivity contribution in [2.75, 3.05) is 18.9 Å². The van der Waals surface area contributed by atoms with Crippen molar-refractivity contribution in [3.63, 3.8) is 0 Å². The molecule has 5 nitrogen and oxygen atoms in total. The van der Waals surface area contributed by atoms with E-state index in [-0.39, 0.29) is 5.91 Å². The number of thioether (sulfide) groups is 1. The average molecular weight is 408 g/mol. The minimum absolute atomic E-state index is 0.00514. The first-order chi connectivity index (χ1) is 14.2. The van der Waals surface area contributed by atoms with Gasteiger partial charge in [-0.15, -0.1) is 0 Å². The number of rotatable bonds is 9. The Morgan fingerprint density at radius 2 is 2.03 bits per heavy atom. The first-order valence-electron chi connectivity index (χ1n) is 9.92. The number of carbonyl (C=O) groups excluding carboxylic acids is 1. The summed E-state index contributed by atoms with van der Waals surface area (Å²) >= 11 is 1.49. The number of amides is 1. The van der Waals surface area contributed by atoms with Crippen LogP contribution in [0.15, 0.2) is 66.0 Å². The first-order valence-corrected chi connectivity index (χ1v) is 10.9. The van der Waals surface area contributed by atoms with Gasteiger partial charge in [-0.3, -0.25) is 4.79 Å². The highest BCUT2D eigenvalue weighted by molar-refractivity contribution is 7.99. The molecule has 1 aromatic heterocycles. The van der Waals surface area contributed by atoms with Gasteiger partial charge >= 0.3 is 0 Å². The van der Waals surface area contributed by atoms with Crippen molar-refractivity contribution >= 4 is 17.7 Å². The Balaban J connectivity index is 1.28. The fourth-order valence-electron chi connectivity index (χ4n) is 3.20. The van der Waals surface area contributed by atoms with Crippen LogP contribution >= 0.6 is 11.8 Å². The minimum Gasteiger partial charge on any atom is -0.492 e. The molecule has 2 aromatic carbocycles. The van der Waals surface area contributed by atoms with Crippen LogP contribution in [0.4, 0.5) is 0 Å². The second-order valence-corrected chi connectivity index (χ2v) is 8.14. The van der Waals surface area contributed by atoms with Crippen LogP contribution in [0.1, 0.15) is 24.4 Å². The number of nitrogens with one attached hydrogen (secondary N) is 1. The van der Waals surface area contributed by atoms with Gasteiger partial charge in [0.2, 0.25) is 5.91 Å². The molecule has 1 saturated carbocycles. The number of hydrogen-bond donors (Lipinski definition) is 1. The Kier molecular flexibility index (Phi) is 6.20. The van der Waals surface area contributed by atoms with Crippen molar-refractivity contribution < 1.29 is 9.53 Å². The molecule has 1 N–H and O–H groups in total. The fraction of sp³-hybridized carbons (Fsp3) is 0.304. The normalized spacial score (nSPS) is 13.3. The molecule has 0 radical (unpaired) electrons. The molecule has 0 saturated heterocycles. The predicted octanol–water partition coefficient (Wildman–Crippen LogP) is 4.48. The van der Waals surface area contributed by atoms with Crippen LogP contribution in [0.25, 0.3) is 11.3 Å². The van der Waals surface area contributed by atoms with E-state index < -0.39 is 0 Å². The number of nitrogens with zero attached hydrogens (tertiary/aromatic N) is 2. The van der Waals surface area contributed by atoms with Gasteiger partial charge < -0.3 is 14.6 Å². The van der Waals surface area contributed by atoms with E-state index in [9.17, 15) is 4.79 Å². The lowest BCUT2D eigenvalue weighted by Crippen LogP contribution is -2.29. The van der Waals surface area contributed by atoms with Crippen LogP contribution in [0.5, 0.6) is 5.75 Å². The van der Waals surface area contributed by atoms with Gasteiger partial charge in [-0.05, 0) is 43.0 Å². The van der Waals surface area contributed by atoms with E-state index in [1.54, 1.807) is 0 Å². The zero-order valence-electron chi connectivity index (χ0n) is 16.5. The summed E-state index contributed by atoms with van der Waals surface area (Å²) in [5.41, 5.74) is 3.45. The van der Waals surface area contributed by atoms with Crippen molar-refractivity contribution in [3.05, 3.63) is 66.4 Å². The van der Waals surface area contributed by atoms with E-state index in [4.69, 9.17) is 4.74 Å². The molecule has 0 aliphatic heterocycles. The van der Waals surface area contributed by atoms with Gasteiger partial charge in [0.15, 0.2) is 5.16 Å². The van der Waals surface area contributed by atoms with Gasteiger partial charge in [0.25, 0.3) is 0 Å². The van der Waals surface area contributed by atoms with Crippen LogP contribution in [-0.2, 0) is 4.79 Å². The highest BCUT2D eigenvalue weighted by Gasteiger charge is 2.29. The van der Waals surface area contributed by atoms with Gasteiger partial charge in [-0.1, -0.05) is 54.2 Å². The Bertz CT molecular complexity index is 967. The molecular weight excluding hydrogens is 382 g/mol. The summed E-state index contributed by atoms with van der Waals surface area (Å²) in [6, 6.07) is 18.7. The maximum atomic E-state index is 12.2. The van der Waals surface area contributed by atoms with Gasteiger partial charge in [-0.2, -0.15) is 0 Å². The smallest absolute Gasteiger partial charge is 0.230 e. The van der Waals surface area contributed by atoms with E-state index in [0.717, 1.165) is 27.7 Å². The van der Waals surface area contributed by atoms with Crippen molar-refractivity contribution in [2.24, 2.45) is 0 Å². The summed E-state index contributed by atoms with van der Waals surface area (Å²) < 4.78 is 7.96. The number of aryl methyl sites for hydroxylation is 1. The predicted molar refractivity (Wildman–Crippen MR) is 116 cm³/mol. The monoisotopic (exact) mass is 407 g/mol. The Hall–Kier alpha value is -2.73. The topological polar surface area (TPSA) is 56.1 Å². The molecule has 1 aliphatic carbocycles. The summed E-state index contributed by atoms with van der Waals surface area (Å²) in [6.45, 7) is 2.97. The van der Waals surface area contributed by atoms with Crippen LogP contribution in [0.3, 0.4) is 0 Å². The minimum atomic E-state index is -0.00514. The zero-order valence-corrected chi connectivity index (χ0v) is 17.3. The van der Waals surface area contributed by atoms with E-state index in [1.165, 1.54) is 24.6 Å². The Labute approximate surface area is 175 Å². The van der Waals surface area contributed by atoms with Crippen LogP contribution in [0.2, 0.25) is 0 Å². The Morgan fingerprint density at radius 1 is 1.21 bits per heavy atom. The lowest BCUT2D eigenvalue weighted by Gasteiger charge is -2.11. The van der Waals surface area contributed by atoms with Crippen LogP contribution in [0, 0.1) is 6.92 Å². The number of aromatic nitrogens is 2. The molecule has 0 atom stereocenters. The third-order valence-electron chi connectivity index (χ3n) is 4.76. The SMILES string of the molecule is Cc1cccc(OCCNC(=O)CSc2ncc(-c3ccccc3)n2C2CC2)c1. The van der Waals surface area contributed by atoms with Gasteiger partial charge in [0, 0.05) is 6.04 Å². The molecule has 0 bridgehead atoms. The number of hydrogen-bond acceptors (Lipinski definition) is 4. The standard InChI is InChI=1S/C23H25N3O2S/c1-17-6-5-9-20(14-17)28-13-12-24-22(27)16-29-23-25-15-21(26(23)19-10-11-19)18-7-3-2-4-8-18/h2-9,14-15,19H,10-13,16H2,1H3,(H,24,27). The van der Waals surface area contributed by atoms with Crippen molar-refractivity contribution in [1.82, 2.24) is 14.9 Å². The van der Waals surface area contributed by atoms with E-state index in [1.807, 2.05) is 55.6 Å². The summed E-state index contributed by atoms with van der Waals surface area (Å²) in [5, 5.41) is 3.83. The van der Waals surface area contributed by atoms with Crippen molar-refractivity contribution in [2.45, 2.75) is 31.0 Å². The first kappa shape index (κ1) is 19.6. The van der Waals surface area contributed by atoms with E-state index in [2.05, 4.69) is 27.0 Å². The highest BCUT2D eigenvalue weighted by Crippen LogP contribution is 2.41. The highest BCUT2D eigenvalue weighted by atomic mass is 32.2. The largest absolute Gasteiger partial charge is 0.492 e. The number of imidazole rings is 1. The van der Waals surface area contributed by atoms with Crippen LogP contribution < -0.4 is 10.1 Å². The molecule has 0 spiro atoms. The molecule has 4 rings (SSSR count). The molecule has 1 amide bonds. The molecule has 29 heavy (non-hydrogen) atoms. The summed E-state index contributed by atoms with van der Waals surface area (Å²) in [6.07, 6.45) is 4.27. The summed E-state index contributed by atoms with van der Waals surface area (Å²) in [4.78, 5) is 16.8. The summed E-state index contributed by atoms with van der Waals surface area (Å²) in [7, 11) is 0. The van der Waals surface area contributed by atoms with Gasteiger partial charge in [-0.25, -0.2) is 4.98 Å². The number of carbonyl (C=O) groups is 1. The molecular formula is C23H25N3O2S. The van der Waals surface area contributed by atoms with Crippen LogP contribution in [-0.4, -0.2) is 34.4 Å².